The Bertz CT molecular complexity index is 1330. The molecule has 1 aliphatic carbocycles. The highest BCUT2D eigenvalue weighted by molar-refractivity contribution is 5.70. The molecule has 4 rings (SSSR count). The van der Waals surface area contributed by atoms with E-state index in [1.54, 1.807) is 43.1 Å². The Balaban J connectivity index is 1.45. The number of hydrogen-bond acceptors (Lipinski definition) is 9. The van der Waals surface area contributed by atoms with Gasteiger partial charge in [0.05, 0.1) is 75.2 Å². The lowest BCUT2D eigenvalue weighted by Crippen LogP contribution is -2.65. The third-order valence-corrected chi connectivity index (χ3v) is 12.6. The van der Waals surface area contributed by atoms with Crippen LogP contribution in [0.1, 0.15) is 112 Å². The van der Waals surface area contributed by atoms with Crippen LogP contribution in [0.15, 0.2) is 48.6 Å². The Morgan fingerprint density at radius 3 is 2.48 bits per heavy atom. The molecule has 11 heteroatoms. The molecule has 11 nitrogen and oxygen atoms in total. The second-order valence-corrected chi connectivity index (χ2v) is 17.3. The van der Waals surface area contributed by atoms with Crippen molar-refractivity contribution in [2.45, 2.75) is 166 Å². The van der Waals surface area contributed by atoms with Crippen LogP contribution in [0.25, 0.3) is 0 Å². The van der Waals surface area contributed by atoms with E-state index in [1.807, 2.05) is 39.8 Å². The minimum Gasteiger partial charge on any atom is -0.457 e. The number of cyclic esters (lactones) is 1. The standard InChI is InChI=1S/C43H71N2O9/c1-8-25-45(33-16-12-10-11-13-17-33)26-23-44(24-27-45)41(49)53-37-19-18-31(4)39(54-38(48)28-34(46)20-22-43(37,7)51)30(3)15-14-21-42(6,50)29-36-40(52-36)32(5)35(47)9-2/h8,14-15,18-19,21,31-37,39-40,46-47,50-51H,1,9-13,16-17,20,22-29H2,2-7H3/q+1/b19-18+,21-14+,30-15+/t31-,32+,34+,35-,36+,37-,39+,40+,42-,43+/m0/s1. The average Bonchev–Trinajstić information content (AvgIpc) is 3.93. The number of ether oxygens (including phenoxy) is 3. The first-order chi connectivity index (χ1) is 25.5. The Labute approximate surface area is 324 Å². The van der Waals surface area contributed by atoms with Crippen LogP contribution in [0.5, 0.6) is 0 Å². The first kappa shape index (κ1) is 44.2. The van der Waals surface area contributed by atoms with Gasteiger partial charge in [-0.1, -0.05) is 64.5 Å². The summed E-state index contributed by atoms with van der Waals surface area (Å²) in [7, 11) is 0. The summed E-state index contributed by atoms with van der Waals surface area (Å²) in [5.41, 5.74) is -1.95. The number of carbonyl (C=O) groups excluding carboxylic acids is 2. The van der Waals surface area contributed by atoms with Crippen LogP contribution in [-0.2, 0) is 19.0 Å². The van der Waals surface area contributed by atoms with Crippen LogP contribution < -0.4 is 0 Å². The van der Waals surface area contributed by atoms with Crippen LogP contribution in [0.3, 0.4) is 0 Å². The van der Waals surface area contributed by atoms with E-state index < -0.39 is 47.7 Å². The van der Waals surface area contributed by atoms with E-state index in [9.17, 15) is 30.0 Å². The van der Waals surface area contributed by atoms with Crippen molar-refractivity contribution in [3.8, 4) is 0 Å². The molecule has 2 saturated heterocycles. The molecule has 0 radical (unpaired) electrons. The molecule has 3 heterocycles. The summed E-state index contributed by atoms with van der Waals surface area (Å²) < 4.78 is 18.7. The fourth-order valence-corrected chi connectivity index (χ4v) is 8.79. The molecule has 54 heavy (non-hydrogen) atoms. The zero-order valence-electron chi connectivity index (χ0n) is 33.9. The SMILES string of the molecule is C=CC[N+]1(C2CCCCCC2)CCN(C(=O)O[C@H]2/C=C/[C@H](C)[C@@H](/C(C)=C/C=C/[C@](C)(O)C[C@H]3O[C@@H]3[C@H](C)[C@@H](O)CC)OC(=O)C[C@H](O)CC[C@@]2(C)O)CC1. The number of rotatable bonds is 12. The lowest BCUT2D eigenvalue weighted by Gasteiger charge is -2.49. The highest BCUT2D eigenvalue weighted by Crippen LogP contribution is 2.38. The molecule has 0 aromatic carbocycles. The summed E-state index contributed by atoms with van der Waals surface area (Å²) in [6.07, 6.45) is 15.3. The smallest absolute Gasteiger partial charge is 0.410 e. The van der Waals surface area contributed by atoms with Gasteiger partial charge in [0.1, 0.15) is 11.7 Å². The molecular formula is C43H71N2O9+. The zero-order chi connectivity index (χ0) is 39.7. The maximum Gasteiger partial charge on any atom is 0.410 e. The predicted octanol–water partition coefficient (Wildman–Crippen LogP) is 5.75. The number of hydrogen-bond donors (Lipinski definition) is 4. The van der Waals surface area contributed by atoms with Crippen LogP contribution >= 0.6 is 0 Å². The summed E-state index contributed by atoms with van der Waals surface area (Å²) in [6.45, 7) is 18.7. The number of piperazine rings is 1. The first-order valence-corrected chi connectivity index (χ1v) is 20.6. The molecule has 3 aliphatic heterocycles. The number of amides is 1. The maximum atomic E-state index is 13.7. The van der Waals surface area contributed by atoms with E-state index in [0.717, 1.165) is 24.1 Å². The Kier molecular flexibility index (Phi) is 16.0. The van der Waals surface area contributed by atoms with Gasteiger partial charge in [0, 0.05) is 18.3 Å². The van der Waals surface area contributed by atoms with Crippen molar-refractivity contribution in [1.82, 2.24) is 4.90 Å². The number of aliphatic hydroxyl groups excluding tert-OH is 2. The largest absolute Gasteiger partial charge is 0.457 e. The molecule has 1 amide bonds. The summed E-state index contributed by atoms with van der Waals surface area (Å²) in [5, 5.41) is 43.7. The van der Waals surface area contributed by atoms with E-state index in [2.05, 4.69) is 6.58 Å². The molecule has 3 fully saturated rings. The normalized spacial score (nSPS) is 34.7. The number of carbonyl (C=O) groups is 2. The summed E-state index contributed by atoms with van der Waals surface area (Å²) in [5.74, 6) is -0.953. The van der Waals surface area contributed by atoms with Crippen molar-refractivity contribution in [2.24, 2.45) is 11.8 Å². The van der Waals surface area contributed by atoms with E-state index in [4.69, 9.17) is 14.2 Å². The van der Waals surface area contributed by atoms with Crippen molar-refractivity contribution in [1.29, 1.82) is 0 Å². The van der Waals surface area contributed by atoms with Crippen molar-refractivity contribution in [3.63, 3.8) is 0 Å². The lowest BCUT2D eigenvalue weighted by molar-refractivity contribution is -0.950. The molecule has 4 N–H and O–H groups in total. The summed E-state index contributed by atoms with van der Waals surface area (Å²) in [6, 6.07) is 0.579. The van der Waals surface area contributed by atoms with E-state index >= 15 is 0 Å². The summed E-state index contributed by atoms with van der Waals surface area (Å²) >= 11 is 0. The monoisotopic (exact) mass is 760 g/mol. The number of esters is 1. The van der Waals surface area contributed by atoms with Gasteiger partial charge in [0.2, 0.25) is 0 Å². The van der Waals surface area contributed by atoms with E-state index in [1.165, 1.54) is 38.5 Å². The van der Waals surface area contributed by atoms with Gasteiger partial charge in [0.15, 0.2) is 6.10 Å². The third kappa shape index (κ3) is 12.2. The second-order valence-electron chi connectivity index (χ2n) is 17.3. The quantitative estimate of drug-likeness (QED) is 0.0488. The topological polar surface area (TPSA) is 149 Å². The molecule has 0 aromatic heterocycles. The van der Waals surface area contributed by atoms with Crippen molar-refractivity contribution in [3.05, 3.63) is 48.6 Å². The van der Waals surface area contributed by atoms with Gasteiger partial charge in [-0.25, -0.2) is 4.79 Å². The highest BCUT2D eigenvalue weighted by atomic mass is 16.6. The molecule has 0 aromatic rings. The van der Waals surface area contributed by atoms with Crippen LogP contribution in [0.2, 0.25) is 0 Å². The van der Waals surface area contributed by atoms with E-state index in [0.29, 0.717) is 37.5 Å². The van der Waals surface area contributed by atoms with Crippen molar-refractivity contribution in [2.75, 3.05) is 32.7 Å². The fourth-order valence-electron chi connectivity index (χ4n) is 8.79. The Morgan fingerprint density at radius 2 is 1.85 bits per heavy atom. The minimum absolute atomic E-state index is 0.0139. The maximum absolute atomic E-state index is 13.7. The average molecular weight is 760 g/mol. The molecule has 1 saturated carbocycles. The molecule has 10 atom stereocenters. The zero-order valence-corrected chi connectivity index (χ0v) is 33.9. The minimum atomic E-state index is -1.50. The first-order valence-electron chi connectivity index (χ1n) is 20.6. The van der Waals surface area contributed by atoms with Gasteiger partial charge >= 0.3 is 12.1 Å². The number of aliphatic hydroxyl groups is 4. The van der Waals surface area contributed by atoms with Gasteiger partial charge < -0.3 is 39.1 Å². The van der Waals surface area contributed by atoms with Gasteiger partial charge in [-0.05, 0) is 83.4 Å². The number of quaternary nitrogens is 1. The predicted molar refractivity (Wildman–Crippen MR) is 209 cm³/mol. The lowest BCUT2D eigenvalue weighted by atomic mass is 9.88. The van der Waals surface area contributed by atoms with Gasteiger partial charge in [-0.3, -0.25) is 9.69 Å². The van der Waals surface area contributed by atoms with Gasteiger partial charge in [-0.2, -0.15) is 0 Å². The number of epoxide rings is 1. The molecule has 306 valence electrons. The summed E-state index contributed by atoms with van der Waals surface area (Å²) in [4.78, 5) is 28.4. The van der Waals surface area contributed by atoms with Gasteiger partial charge in [-0.15, -0.1) is 0 Å². The molecule has 0 bridgehead atoms. The molecule has 4 aliphatic rings. The van der Waals surface area contributed by atoms with Crippen LogP contribution in [0.4, 0.5) is 4.79 Å². The van der Waals surface area contributed by atoms with E-state index in [-0.39, 0.29) is 43.3 Å². The molecule has 0 spiro atoms. The van der Waals surface area contributed by atoms with Gasteiger partial charge in [0.25, 0.3) is 0 Å². The molecular weight excluding hydrogens is 688 g/mol. The highest BCUT2D eigenvalue weighted by Gasteiger charge is 2.47. The Morgan fingerprint density at radius 1 is 1.19 bits per heavy atom. The number of nitrogens with zero attached hydrogens (tertiary/aromatic N) is 2. The second kappa shape index (κ2) is 19.6. The van der Waals surface area contributed by atoms with Crippen LogP contribution in [0, 0.1) is 11.8 Å². The van der Waals surface area contributed by atoms with Crippen molar-refractivity contribution >= 4 is 12.1 Å². The third-order valence-electron chi connectivity index (χ3n) is 12.6. The van der Waals surface area contributed by atoms with Crippen LogP contribution in [-0.4, -0.2) is 128 Å². The number of allylic oxidation sites excluding steroid dienone is 2. The molecule has 0 unspecified atom stereocenters. The fraction of sp³-hybridized carbons (Fsp3) is 0.767. The van der Waals surface area contributed by atoms with Crippen molar-refractivity contribution < 1.29 is 48.7 Å². The Hall–Kier alpha value is -2.54.